The number of fused-ring (bicyclic) bond motifs is 2. The van der Waals surface area contributed by atoms with E-state index in [1.54, 1.807) is 18.2 Å². The van der Waals surface area contributed by atoms with Crippen molar-refractivity contribution >= 4 is 18.2 Å². The highest BCUT2D eigenvalue weighted by Crippen LogP contribution is 2.60. The first-order valence-corrected chi connectivity index (χ1v) is 7.84. The quantitative estimate of drug-likeness (QED) is 0.483. The van der Waals surface area contributed by atoms with Crippen molar-refractivity contribution in [3.05, 3.63) is 0 Å². The lowest BCUT2D eigenvalue weighted by Gasteiger charge is -2.32. The van der Waals surface area contributed by atoms with Crippen LogP contribution in [0.4, 0.5) is 0 Å². The van der Waals surface area contributed by atoms with Gasteiger partial charge in [0.05, 0.1) is 19.6 Å². The minimum Gasteiger partial charge on any atom is -0.211 e. The van der Waals surface area contributed by atoms with Gasteiger partial charge in [0.15, 0.2) is 0 Å². The molecule has 2 aliphatic carbocycles. The topological polar surface area (TPSA) is 88.3 Å². The van der Waals surface area contributed by atoms with E-state index < -0.39 is 0 Å². The second-order valence-electron chi connectivity index (χ2n) is 6.66. The molecule has 3 atom stereocenters. The van der Waals surface area contributed by atoms with E-state index in [2.05, 4.69) is 15.0 Å². The summed E-state index contributed by atoms with van der Waals surface area (Å²) in [7, 11) is 0. The van der Waals surface area contributed by atoms with E-state index in [-0.39, 0.29) is 11.3 Å². The number of hydrogen-bond acceptors (Lipinski definition) is 6. The van der Waals surface area contributed by atoms with E-state index >= 15 is 0 Å². The van der Waals surface area contributed by atoms with Crippen LogP contribution in [-0.2, 0) is 14.4 Å². The first-order chi connectivity index (χ1) is 10.7. The highest BCUT2D eigenvalue weighted by Gasteiger charge is 2.50. The van der Waals surface area contributed by atoms with Gasteiger partial charge >= 0.3 is 0 Å². The molecule has 0 heterocycles. The van der Waals surface area contributed by atoms with Crippen LogP contribution in [0.25, 0.3) is 0 Å². The number of carbonyl (C=O) groups excluding carboxylic acids is 3. The molecule has 6 nitrogen and oxygen atoms in total. The minimum absolute atomic E-state index is 0.105. The zero-order valence-electron chi connectivity index (χ0n) is 12.7. The maximum atomic E-state index is 10.3. The van der Waals surface area contributed by atoms with Crippen LogP contribution >= 0.6 is 0 Å². The molecule has 0 spiro atoms. The van der Waals surface area contributed by atoms with E-state index in [0.717, 1.165) is 19.3 Å². The van der Waals surface area contributed by atoms with E-state index in [1.165, 1.54) is 19.3 Å². The molecule has 3 unspecified atom stereocenters. The average Bonchev–Trinajstić information content (AvgIpc) is 3.08. The van der Waals surface area contributed by atoms with Crippen molar-refractivity contribution in [1.82, 2.24) is 0 Å². The van der Waals surface area contributed by atoms with Crippen LogP contribution in [0.1, 0.15) is 38.5 Å². The standard InChI is InChI=1S/C16H21N3O3/c20-10-17-4-2-15-7-16(3-1-14(15)6-16)5-13(8-18-11-21)9-19-12-22/h13-15H,1-9H2. The summed E-state index contributed by atoms with van der Waals surface area (Å²) in [6, 6.07) is 0. The third kappa shape index (κ3) is 4.08. The SMILES string of the molecule is O=C=NCCC1CC2(CC(CN=C=O)CN=C=O)CCC1C2. The van der Waals surface area contributed by atoms with Gasteiger partial charge in [0.2, 0.25) is 18.2 Å². The molecule has 0 aromatic heterocycles. The first kappa shape index (κ1) is 16.5. The fourth-order valence-electron chi connectivity index (χ4n) is 4.58. The van der Waals surface area contributed by atoms with Crippen LogP contribution in [0.15, 0.2) is 15.0 Å². The fraction of sp³-hybridized carbons (Fsp3) is 0.812. The highest BCUT2D eigenvalue weighted by molar-refractivity contribution is 5.33. The van der Waals surface area contributed by atoms with Gasteiger partial charge in [-0.2, -0.15) is 0 Å². The summed E-state index contributed by atoms with van der Waals surface area (Å²) in [5.41, 5.74) is 0.279. The van der Waals surface area contributed by atoms with Crippen molar-refractivity contribution in [3.8, 4) is 0 Å². The molecule has 6 heteroatoms. The molecule has 2 bridgehead atoms. The Kier molecular flexibility index (Phi) is 5.97. The Hall–Kier alpha value is -1.86. The molecule has 0 aliphatic heterocycles. The van der Waals surface area contributed by atoms with Crippen molar-refractivity contribution in [2.75, 3.05) is 19.6 Å². The number of isocyanates is 3. The predicted octanol–water partition coefficient (Wildman–Crippen LogP) is 2.20. The largest absolute Gasteiger partial charge is 0.234 e. The van der Waals surface area contributed by atoms with Gasteiger partial charge in [0.1, 0.15) is 0 Å². The number of aliphatic imine (C=N–C) groups is 3. The Morgan fingerprint density at radius 2 is 1.68 bits per heavy atom. The number of rotatable bonds is 9. The van der Waals surface area contributed by atoms with Crippen LogP contribution in [0.3, 0.4) is 0 Å². The fourth-order valence-corrected chi connectivity index (χ4v) is 4.58. The molecule has 0 N–H and O–H groups in total. The van der Waals surface area contributed by atoms with Gasteiger partial charge in [-0.3, -0.25) is 0 Å². The molecule has 0 aromatic carbocycles. The van der Waals surface area contributed by atoms with E-state index in [1.807, 2.05) is 0 Å². The van der Waals surface area contributed by atoms with Gasteiger partial charge in [-0.05, 0) is 55.8 Å². The summed E-state index contributed by atoms with van der Waals surface area (Å²) >= 11 is 0. The van der Waals surface area contributed by atoms with Gasteiger partial charge in [0, 0.05) is 5.92 Å². The van der Waals surface area contributed by atoms with Crippen LogP contribution < -0.4 is 0 Å². The lowest BCUT2D eigenvalue weighted by molar-refractivity contribution is 0.194. The third-order valence-corrected chi connectivity index (χ3v) is 5.33. The van der Waals surface area contributed by atoms with Crippen LogP contribution in [0, 0.1) is 23.2 Å². The zero-order chi connectivity index (χ0) is 15.8. The summed E-state index contributed by atoms with van der Waals surface area (Å²) in [6.07, 6.45) is 11.4. The minimum atomic E-state index is 0.105. The van der Waals surface area contributed by atoms with Gasteiger partial charge in [-0.1, -0.05) is 0 Å². The van der Waals surface area contributed by atoms with Crippen molar-refractivity contribution < 1.29 is 14.4 Å². The summed E-state index contributed by atoms with van der Waals surface area (Å²) < 4.78 is 0. The van der Waals surface area contributed by atoms with Crippen LogP contribution in [-0.4, -0.2) is 37.9 Å². The number of hydrogen-bond donors (Lipinski definition) is 0. The van der Waals surface area contributed by atoms with Crippen LogP contribution in [0.5, 0.6) is 0 Å². The Morgan fingerprint density at radius 3 is 2.32 bits per heavy atom. The Morgan fingerprint density at radius 1 is 1.00 bits per heavy atom. The molecule has 2 aliphatic rings. The van der Waals surface area contributed by atoms with Crippen molar-refractivity contribution in [1.29, 1.82) is 0 Å². The maximum absolute atomic E-state index is 10.3. The van der Waals surface area contributed by atoms with Gasteiger partial charge in [0.25, 0.3) is 0 Å². The van der Waals surface area contributed by atoms with E-state index in [9.17, 15) is 14.4 Å². The molecule has 0 radical (unpaired) electrons. The smallest absolute Gasteiger partial charge is 0.211 e. The molecule has 22 heavy (non-hydrogen) atoms. The normalized spacial score (nSPS) is 30.0. The van der Waals surface area contributed by atoms with E-state index in [0.29, 0.717) is 31.5 Å². The molecule has 0 aromatic rings. The third-order valence-electron chi connectivity index (χ3n) is 5.33. The van der Waals surface area contributed by atoms with Gasteiger partial charge < -0.3 is 0 Å². The molecule has 2 rings (SSSR count). The molecule has 118 valence electrons. The Bertz CT molecular complexity index is 511. The maximum Gasteiger partial charge on any atom is 0.234 e. The molecular weight excluding hydrogens is 282 g/mol. The second-order valence-corrected chi connectivity index (χ2v) is 6.66. The summed E-state index contributed by atoms with van der Waals surface area (Å²) in [6.45, 7) is 1.32. The first-order valence-electron chi connectivity index (χ1n) is 7.84. The lowest BCUT2D eigenvalue weighted by atomic mass is 9.73. The molecular formula is C16H21N3O3. The zero-order valence-corrected chi connectivity index (χ0v) is 12.7. The Labute approximate surface area is 129 Å². The average molecular weight is 303 g/mol. The van der Waals surface area contributed by atoms with Crippen LogP contribution in [0.2, 0.25) is 0 Å². The Balaban J connectivity index is 1.96. The van der Waals surface area contributed by atoms with Gasteiger partial charge in [-0.25, -0.2) is 29.4 Å². The van der Waals surface area contributed by atoms with Crippen molar-refractivity contribution in [3.63, 3.8) is 0 Å². The number of nitrogens with zero attached hydrogens (tertiary/aromatic N) is 3. The lowest BCUT2D eigenvalue weighted by Crippen LogP contribution is -2.24. The molecule has 0 amide bonds. The molecule has 2 saturated carbocycles. The summed E-state index contributed by atoms with van der Waals surface area (Å²) in [4.78, 5) is 41.8. The van der Waals surface area contributed by atoms with Gasteiger partial charge in [-0.15, -0.1) is 0 Å². The molecule has 0 saturated heterocycles. The summed E-state index contributed by atoms with van der Waals surface area (Å²) in [5, 5.41) is 0. The van der Waals surface area contributed by atoms with E-state index in [4.69, 9.17) is 0 Å². The van der Waals surface area contributed by atoms with Crippen molar-refractivity contribution in [2.45, 2.75) is 38.5 Å². The molecule has 2 fully saturated rings. The highest BCUT2D eigenvalue weighted by atomic mass is 16.1. The predicted molar refractivity (Wildman–Crippen MR) is 79.6 cm³/mol. The summed E-state index contributed by atoms with van der Waals surface area (Å²) in [5.74, 6) is 1.44. The second kappa shape index (κ2) is 7.95. The monoisotopic (exact) mass is 303 g/mol. The van der Waals surface area contributed by atoms with Crippen molar-refractivity contribution in [2.24, 2.45) is 38.1 Å².